The minimum absolute atomic E-state index is 0.108. The number of rotatable bonds is 6. The number of nitrogens with zero attached hydrogens (tertiary/aromatic N) is 4. The summed E-state index contributed by atoms with van der Waals surface area (Å²) in [6, 6.07) is 2.05. The van der Waals surface area contributed by atoms with Crippen molar-refractivity contribution in [3.8, 4) is 6.07 Å². The Morgan fingerprint density at radius 3 is 2.74 bits per heavy atom. The van der Waals surface area contributed by atoms with E-state index < -0.39 is 0 Å². The van der Waals surface area contributed by atoms with Gasteiger partial charge >= 0.3 is 0 Å². The molecule has 0 saturated carbocycles. The summed E-state index contributed by atoms with van der Waals surface area (Å²) in [6.45, 7) is 2.91. The van der Waals surface area contributed by atoms with Crippen molar-refractivity contribution in [3.63, 3.8) is 0 Å². The second-order valence-corrected chi connectivity index (χ2v) is 8.27. The van der Waals surface area contributed by atoms with Gasteiger partial charge in [0.25, 0.3) is 0 Å². The van der Waals surface area contributed by atoms with E-state index in [4.69, 9.17) is 5.26 Å². The summed E-state index contributed by atoms with van der Waals surface area (Å²) in [4.78, 5) is 24.6. The first kappa shape index (κ1) is 19.4. The van der Waals surface area contributed by atoms with Gasteiger partial charge < -0.3 is 5.32 Å². The first-order valence-electron chi connectivity index (χ1n) is 8.62. The van der Waals surface area contributed by atoms with Crippen molar-refractivity contribution < 1.29 is 9.59 Å². The SMILES string of the molecule is CC(=O)Nc1sc2c(c1Cc1nnc(SCC#N)n1NC(C)=O)CCCC2. The van der Waals surface area contributed by atoms with E-state index in [0.717, 1.165) is 36.2 Å². The van der Waals surface area contributed by atoms with Gasteiger partial charge in [-0.3, -0.25) is 15.0 Å². The molecule has 0 atom stereocenters. The first-order valence-corrected chi connectivity index (χ1v) is 10.4. The minimum atomic E-state index is -0.246. The van der Waals surface area contributed by atoms with Gasteiger partial charge in [-0.15, -0.1) is 21.5 Å². The van der Waals surface area contributed by atoms with Crippen molar-refractivity contribution in [3.05, 3.63) is 21.8 Å². The third-order valence-corrected chi connectivity index (χ3v) is 6.19. The number of thiophene rings is 1. The Kier molecular flexibility index (Phi) is 6.13. The van der Waals surface area contributed by atoms with Gasteiger partial charge in [0.15, 0.2) is 5.82 Å². The van der Waals surface area contributed by atoms with Crippen LogP contribution in [0.5, 0.6) is 0 Å². The normalized spacial score (nSPS) is 12.9. The number of nitriles is 1. The van der Waals surface area contributed by atoms with Crippen molar-refractivity contribution in [2.45, 2.75) is 51.1 Å². The van der Waals surface area contributed by atoms with Crippen LogP contribution in [0.3, 0.4) is 0 Å². The third-order valence-electron chi connectivity index (χ3n) is 4.14. The predicted octanol–water partition coefficient (Wildman–Crippen LogP) is 2.47. The molecule has 0 aliphatic heterocycles. The molecule has 1 aliphatic rings. The van der Waals surface area contributed by atoms with Crippen LogP contribution in [0.15, 0.2) is 5.16 Å². The molecule has 10 heteroatoms. The molecule has 8 nitrogen and oxygen atoms in total. The molecule has 1 aliphatic carbocycles. The number of hydrogen-bond donors (Lipinski definition) is 2. The van der Waals surface area contributed by atoms with Crippen LogP contribution in [0.4, 0.5) is 5.00 Å². The van der Waals surface area contributed by atoms with Crippen molar-refractivity contribution >= 4 is 39.9 Å². The highest BCUT2D eigenvalue weighted by molar-refractivity contribution is 7.99. The zero-order valence-corrected chi connectivity index (χ0v) is 16.8. The average molecular weight is 405 g/mol. The van der Waals surface area contributed by atoms with E-state index in [1.165, 1.54) is 40.7 Å². The van der Waals surface area contributed by atoms with Gasteiger partial charge in [0, 0.05) is 25.1 Å². The van der Waals surface area contributed by atoms with Crippen LogP contribution in [-0.2, 0) is 28.9 Å². The van der Waals surface area contributed by atoms with Gasteiger partial charge in [0.05, 0.1) is 16.8 Å². The molecule has 142 valence electrons. The highest BCUT2D eigenvalue weighted by Gasteiger charge is 2.24. The summed E-state index contributed by atoms with van der Waals surface area (Å²) in [5, 5.41) is 21.4. The van der Waals surface area contributed by atoms with E-state index in [0.29, 0.717) is 17.4 Å². The third kappa shape index (κ3) is 4.48. The van der Waals surface area contributed by atoms with Crippen LogP contribution in [0.1, 0.15) is 48.5 Å². The van der Waals surface area contributed by atoms with E-state index >= 15 is 0 Å². The van der Waals surface area contributed by atoms with Crippen LogP contribution in [0.25, 0.3) is 0 Å². The highest BCUT2D eigenvalue weighted by Crippen LogP contribution is 2.39. The van der Waals surface area contributed by atoms with Crippen molar-refractivity contribution in [2.75, 3.05) is 16.5 Å². The number of nitrogens with one attached hydrogen (secondary N) is 2. The molecule has 0 aromatic carbocycles. The van der Waals surface area contributed by atoms with Crippen LogP contribution >= 0.6 is 23.1 Å². The quantitative estimate of drug-likeness (QED) is 0.715. The number of amides is 2. The molecule has 2 amide bonds. The maximum Gasteiger partial charge on any atom is 0.235 e. The number of anilines is 1. The van der Waals surface area contributed by atoms with Crippen molar-refractivity contribution in [1.82, 2.24) is 14.9 Å². The smallest absolute Gasteiger partial charge is 0.235 e. The number of fused-ring (bicyclic) bond motifs is 1. The first-order chi connectivity index (χ1) is 13.0. The second kappa shape index (κ2) is 8.54. The molecule has 2 aromatic heterocycles. The Hall–Kier alpha value is -2.38. The van der Waals surface area contributed by atoms with Crippen LogP contribution in [0, 0.1) is 11.3 Å². The molecule has 0 radical (unpaired) electrons. The molecule has 2 heterocycles. The summed E-state index contributed by atoms with van der Waals surface area (Å²) >= 11 is 2.84. The summed E-state index contributed by atoms with van der Waals surface area (Å²) < 4.78 is 1.54. The fourth-order valence-corrected chi connectivity index (χ4v) is 5.04. The van der Waals surface area contributed by atoms with Gasteiger partial charge in [0.2, 0.25) is 17.0 Å². The molecule has 0 fully saturated rings. The van der Waals surface area contributed by atoms with E-state index in [2.05, 4.69) is 20.9 Å². The maximum atomic E-state index is 11.6. The average Bonchev–Trinajstić information content (AvgIpc) is 3.14. The molecule has 0 bridgehead atoms. The topological polar surface area (TPSA) is 113 Å². The Morgan fingerprint density at radius 2 is 2.04 bits per heavy atom. The molecule has 2 N–H and O–H groups in total. The monoisotopic (exact) mass is 404 g/mol. The number of carbonyl (C=O) groups is 2. The Labute approximate surface area is 165 Å². The molecule has 2 aromatic rings. The van der Waals surface area contributed by atoms with Crippen molar-refractivity contribution in [1.29, 1.82) is 5.26 Å². The summed E-state index contributed by atoms with van der Waals surface area (Å²) in [6.07, 6.45) is 4.72. The van der Waals surface area contributed by atoms with Crippen LogP contribution in [0.2, 0.25) is 0 Å². The standard InChI is InChI=1S/C17H20N6O2S2/c1-10(24)19-16-13(12-5-3-4-6-14(12)27-16)9-15-20-21-17(26-8-7-18)23(15)22-11(2)25/h3-6,8-9H2,1-2H3,(H,19,24)(H,22,25). The Morgan fingerprint density at radius 1 is 1.26 bits per heavy atom. The van der Waals surface area contributed by atoms with Gasteiger partial charge in [-0.1, -0.05) is 11.8 Å². The summed E-state index contributed by atoms with van der Waals surface area (Å²) in [7, 11) is 0. The largest absolute Gasteiger partial charge is 0.318 e. The lowest BCUT2D eigenvalue weighted by Gasteiger charge is -2.14. The van der Waals surface area contributed by atoms with E-state index in [1.807, 2.05) is 6.07 Å². The number of thioether (sulfide) groups is 1. The molecule has 0 spiro atoms. The molecule has 0 unspecified atom stereocenters. The van der Waals surface area contributed by atoms with Gasteiger partial charge in [-0.05, 0) is 36.8 Å². The van der Waals surface area contributed by atoms with Gasteiger partial charge in [-0.25, -0.2) is 4.68 Å². The van der Waals surface area contributed by atoms with E-state index in [-0.39, 0.29) is 17.6 Å². The molecule has 0 saturated heterocycles. The lowest BCUT2D eigenvalue weighted by atomic mass is 9.94. The van der Waals surface area contributed by atoms with Crippen LogP contribution in [-0.4, -0.2) is 32.4 Å². The fraction of sp³-hybridized carbons (Fsp3) is 0.471. The predicted molar refractivity (Wildman–Crippen MR) is 104 cm³/mol. The zero-order chi connectivity index (χ0) is 19.4. The lowest BCUT2D eigenvalue weighted by Crippen LogP contribution is -2.23. The molecular formula is C17H20N6O2S2. The number of aromatic nitrogens is 3. The summed E-state index contributed by atoms with van der Waals surface area (Å²) in [5.74, 6) is 0.430. The number of aryl methyl sites for hydroxylation is 1. The maximum absolute atomic E-state index is 11.6. The fourth-order valence-electron chi connectivity index (χ4n) is 3.11. The Bertz CT molecular complexity index is 911. The number of carbonyl (C=O) groups excluding carboxylic acids is 2. The molecule has 3 rings (SSSR count). The summed E-state index contributed by atoms with van der Waals surface area (Å²) in [5.41, 5.74) is 5.04. The van der Waals surface area contributed by atoms with Gasteiger partial charge in [0.1, 0.15) is 0 Å². The van der Waals surface area contributed by atoms with Gasteiger partial charge in [-0.2, -0.15) is 5.26 Å². The Balaban J connectivity index is 1.98. The minimum Gasteiger partial charge on any atom is -0.318 e. The highest BCUT2D eigenvalue weighted by atomic mass is 32.2. The second-order valence-electron chi connectivity index (χ2n) is 6.23. The molecule has 27 heavy (non-hydrogen) atoms. The van der Waals surface area contributed by atoms with E-state index in [1.54, 1.807) is 11.3 Å². The zero-order valence-electron chi connectivity index (χ0n) is 15.2. The van der Waals surface area contributed by atoms with Crippen molar-refractivity contribution in [2.24, 2.45) is 0 Å². The van der Waals surface area contributed by atoms with Crippen LogP contribution < -0.4 is 10.7 Å². The molecular weight excluding hydrogens is 384 g/mol. The number of hydrogen-bond acceptors (Lipinski definition) is 7. The lowest BCUT2D eigenvalue weighted by molar-refractivity contribution is -0.115. The van der Waals surface area contributed by atoms with E-state index in [9.17, 15) is 9.59 Å².